The highest BCUT2D eigenvalue weighted by Gasteiger charge is 2.30. The number of halogens is 3. The van der Waals surface area contributed by atoms with Crippen molar-refractivity contribution in [2.45, 2.75) is 32.0 Å². The van der Waals surface area contributed by atoms with E-state index in [9.17, 15) is 18.0 Å². The van der Waals surface area contributed by atoms with E-state index in [4.69, 9.17) is 10.9 Å². The number of rotatable bonds is 5. The maximum absolute atomic E-state index is 12.4. The zero-order valence-electron chi connectivity index (χ0n) is 11.3. The van der Waals surface area contributed by atoms with Crippen LogP contribution in [0.2, 0.25) is 0 Å². The summed E-state index contributed by atoms with van der Waals surface area (Å²) < 4.78 is 37.2. The van der Waals surface area contributed by atoms with Gasteiger partial charge in [0.1, 0.15) is 5.84 Å². The van der Waals surface area contributed by atoms with Gasteiger partial charge in [0.2, 0.25) is 0 Å². The molecule has 1 aromatic rings. The Kier molecular flexibility index (Phi) is 5.57. The minimum atomic E-state index is -4.44. The molecule has 0 saturated carbocycles. The lowest BCUT2D eigenvalue weighted by molar-refractivity contribution is -0.137. The van der Waals surface area contributed by atoms with Crippen LogP contribution in [0, 0.1) is 0 Å². The fourth-order valence-corrected chi connectivity index (χ4v) is 1.67. The van der Waals surface area contributed by atoms with Crippen molar-refractivity contribution >= 4 is 11.7 Å². The monoisotopic (exact) mass is 303 g/mol. The van der Waals surface area contributed by atoms with Crippen molar-refractivity contribution in [1.82, 2.24) is 5.32 Å². The Morgan fingerprint density at radius 1 is 1.38 bits per heavy atom. The van der Waals surface area contributed by atoms with E-state index in [-0.39, 0.29) is 23.9 Å². The Balaban J connectivity index is 2.75. The van der Waals surface area contributed by atoms with Gasteiger partial charge in [0, 0.05) is 18.0 Å². The summed E-state index contributed by atoms with van der Waals surface area (Å²) in [5, 5.41) is 13.9. The Morgan fingerprint density at radius 2 is 1.95 bits per heavy atom. The van der Waals surface area contributed by atoms with Crippen molar-refractivity contribution in [3.63, 3.8) is 0 Å². The normalized spacial score (nSPS) is 13.8. The number of carbonyl (C=O) groups excluding carboxylic acids is 1. The molecular weight excluding hydrogens is 287 g/mol. The van der Waals surface area contributed by atoms with Gasteiger partial charge in [-0.1, -0.05) is 12.1 Å². The van der Waals surface area contributed by atoms with Crippen LogP contribution in [-0.4, -0.2) is 23.0 Å². The van der Waals surface area contributed by atoms with Crippen molar-refractivity contribution in [1.29, 1.82) is 0 Å². The third-order valence-corrected chi connectivity index (χ3v) is 2.89. The van der Waals surface area contributed by atoms with Crippen LogP contribution in [0.4, 0.5) is 13.2 Å². The van der Waals surface area contributed by atoms with Gasteiger partial charge >= 0.3 is 6.18 Å². The molecule has 0 saturated heterocycles. The zero-order chi connectivity index (χ0) is 16.0. The number of amides is 1. The fourth-order valence-electron chi connectivity index (χ4n) is 1.67. The number of benzene rings is 1. The summed E-state index contributed by atoms with van der Waals surface area (Å²) in [6, 6.07) is 3.54. The first-order chi connectivity index (χ1) is 9.77. The maximum Gasteiger partial charge on any atom is 0.416 e. The van der Waals surface area contributed by atoms with E-state index in [1.807, 2.05) is 0 Å². The topological polar surface area (TPSA) is 87.7 Å². The molecule has 116 valence electrons. The fraction of sp³-hybridized carbons (Fsp3) is 0.385. The van der Waals surface area contributed by atoms with Crippen LogP contribution in [0.1, 0.15) is 35.7 Å². The van der Waals surface area contributed by atoms with Gasteiger partial charge in [0.25, 0.3) is 5.91 Å². The first kappa shape index (κ1) is 16.8. The lowest BCUT2D eigenvalue weighted by Gasteiger charge is -2.16. The molecule has 4 N–H and O–H groups in total. The van der Waals surface area contributed by atoms with E-state index < -0.39 is 17.6 Å². The molecule has 8 heteroatoms. The number of carbonyl (C=O) groups is 1. The standard InChI is InChI=1S/C13H16F3N3O2/c1-2-10(7-11(17)19-21)18-12(20)8-3-5-9(6-4-8)13(14,15)16/h3-6,10,21H,2,7H2,1H3,(H2,17,19)(H,18,20). The third kappa shape index (κ3) is 4.97. The van der Waals surface area contributed by atoms with Crippen molar-refractivity contribution in [3.05, 3.63) is 35.4 Å². The Labute approximate surface area is 119 Å². The molecule has 0 fully saturated rings. The molecule has 1 unspecified atom stereocenters. The molecule has 1 atom stereocenters. The number of hydrogen-bond acceptors (Lipinski definition) is 3. The first-order valence-corrected chi connectivity index (χ1v) is 6.22. The van der Waals surface area contributed by atoms with Gasteiger partial charge in [-0.25, -0.2) is 0 Å². The van der Waals surface area contributed by atoms with Crippen LogP contribution in [-0.2, 0) is 6.18 Å². The summed E-state index contributed by atoms with van der Waals surface area (Å²) in [5.74, 6) is -0.545. The molecule has 0 heterocycles. The minimum Gasteiger partial charge on any atom is -0.409 e. The second kappa shape index (κ2) is 6.96. The Bertz CT molecular complexity index is 512. The maximum atomic E-state index is 12.4. The highest BCUT2D eigenvalue weighted by molar-refractivity contribution is 5.94. The number of alkyl halides is 3. The second-order valence-corrected chi connectivity index (χ2v) is 4.45. The largest absolute Gasteiger partial charge is 0.416 e. The van der Waals surface area contributed by atoms with Crippen molar-refractivity contribution in [3.8, 4) is 0 Å². The first-order valence-electron chi connectivity index (χ1n) is 6.22. The number of nitrogens with two attached hydrogens (primary N) is 1. The second-order valence-electron chi connectivity index (χ2n) is 4.45. The van der Waals surface area contributed by atoms with Crippen LogP contribution < -0.4 is 11.1 Å². The van der Waals surface area contributed by atoms with Gasteiger partial charge in [0.05, 0.1) is 5.56 Å². The molecule has 21 heavy (non-hydrogen) atoms. The predicted octanol–water partition coefficient (Wildman–Crippen LogP) is 2.35. The van der Waals surface area contributed by atoms with E-state index >= 15 is 0 Å². The van der Waals surface area contributed by atoms with E-state index in [1.165, 1.54) is 0 Å². The van der Waals surface area contributed by atoms with E-state index in [0.717, 1.165) is 24.3 Å². The lowest BCUT2D eigenvalue weighted by Crippen LogP contribution is -2.37. The van der Waals surface area contributed by atoms with Crippen LogP contribution in [0.25, 0.3) is 0 Å². The Hall–Kier alpha value is -2.25. The van der Waals surface area contributed by atoms with Crippen LogP contribution in [0.5, 0.6) is 0 Å². The summed E-state index contributed by atoms with van der Waals surface area (Å²) in [5.41, 5.74) is 4.65. The van der Waals surface area contributed by atoms with E-state index in [0.29, 0.717) is 6.42 Å². The molecule has 0 aliphatic rings. The van der Waals surface area contributed by atoms with Crippen LogP contribution in [0.3, 0.4) is 0 Å². The van der Waals surface area contributed by atoms with Crippen molar-refractivity contribution in [2.24, 2.45) is 10.9 Å². The molecule has 0 aliphatic heterocycles. The molecule has 0 spiro atoms. The summed E-state index contributed by atoms with van der Waals surface area (Å²) in [6.45, 7) is 1.79. The predicted molar refractivity (Wildman–Crippen MR) is 71.0 cm³/mol. The summed E-state index contributed by atoms with van der Waals surface area (Å²) in [4.78, 5) is 11.9. The molecule has 1 rings (SSSR count). The van der Waals surface area contributed by atoms with Crippen LogP contribution in [0.15, 0.2) is 29.4 Å². The van der Waals surface area contributed by atoms with Gasteiger partial charge in [-0.2, -0.15) is 13.2 Å². The van der Waals surface area contributed by atoms with Gasteiger partial charge in [-0.3, -0.25) is 4.79 Å². The summed E-state index contributed by atoms with van der Waals surface area (Å²) in [6.07, 6.45) is -3.75. The average molecular weight is 303 g/mol. The molecule has 0 aromatic heterocycles. The summed E-state index contributed by atoms with van der Waals surface area (Å²) in [7, 11) is 0. The zero-order valence-corrected chi connectivity index (χ0v) is 11.3. The molecular formula is C13H16F3N3O2. The average Bonchev–Trinajstić information content (AvgIpc) is 2.45. The molecule has 1 aromatic carbocycles. The van der Waals surface area contributed by atoms with Crippen LogP contribution >= 0.6 is 0 Å². The quantitative estimate of drug-likeness (QED) is 0.338. The third-order valence-electron chi connectivity index (χ3n) is 2.89. The number of nitrogens with zero attached hydrogens (tertiary/aromatic N) is 1. The van der Waals surface area contributed by atoms with Crippen molar-refractivity contribution in [2.75, 3.05) is 0 Å². The van der Waals surface area contributed by atoms with Gasteiger partial charge in [-0.15, -0.1) is 0 Å². The van der Waals surface area contributed by atoms with E-state index in [1.54, 1.807) is 6.92 Å². The lowest BCUT2D eigenvalue weighted by atomic mass is 10.1. The van der Waals surface area contributed by atoms with Gasteiger partial charge in [0.15, 0.2) is 0 Å². The number of nitrogens with one attached hydrogen (secondary N) is 1. The molecule has 0 radical (unpaired) electrons. The minimum absolute atomic E-state index is 0.0328. The molecule has 0 aliphatic carbocycles. The van der Waals surface area contributed by atoms with E-state index in [2.05, 4.69) is 10.5 Å². The smallest absolute Gasteiger partial charge is 0.409 e. The van der Waals surface area contributed by atoms with Gasteiger partial charge in [-0.05, 0) is 30.7 Å². The number of hydrogen-bond donors (Lipinski definition) is 3. The SMILES string of the molecule is CCC(CC(N)=NO)NC(=O)c1ccc(C(F)(F)F)cc1. The molecule has 0 bridgehead atoms. The Morgan fingerprint density at radius 3 is 2.38 bits per heavy atom. The highest BCUT2D eigenvalue weighted by atomic mass is 19.4. The highest BCUT2D eigenvalue weighted by Crippen LogP contribution is 2.29. The number of amidine groups is 1. The summed E-state index contributed by atoms with van der Waals surface area (Å²) >= 11 is 0. The van der Waals surface area contributed by atoms with Gasteiger partial charge < -0.3 is 16.3 Å². The van der Waals surface area contributed by atoms with Crippen molar-refractivity contribution < 1.29 is 23.2 Å². The molecule has 1 amide bonds. The number of oxime groups is 1. The molecule has 5 nitrogen and oxygen atoms in total.